The van der Waals surface area contributed by atoms with Crippen molar-refractivity contribution in [3.05, 3.63) is 94.0 Å². The second kappa shape index (κ2) is 10.2. The smallest absolute Gasteiger partial charge is 0.230 e. The van der Waals surface area contributed by atoms with Crippen molar-refractivity contribution in [2.24, 2.45) is 0 Å². The Hall–Kier alpha value is -2.80. The number of aryl methyl sites for hydroxylation is 1. The second-order valence-corrected chi connectivity index (χ2v) is 8.89. The van der Waals surface area contributed by atoms with Crippen molar-refractivity contribution < 1.29 is 4.79 Å². The second-order valence-electron chi connectivity index (χ2n) is 7.10. The molecule has 1 amide bonds. The average molecular weight is 483 g/mol. The number of halogens is 2. The van der Waals surface area contributed by atoms with Crippen LogP contribution in [0.2, 0.25) is 10.0 Å². The van der Waals surface area contributed by atoms with Crippen molar-refractivity contribution in [2.75, 3.05) is 5.75 Å². The van der Waals surface area contributed by atoms with Crippen LogP contribution in [0.5, 0.6) is 0 Å². The zero-order valence-electron chi connectivity index (χ0n) is 17.3. The van der Waals surface area contributed by atoms with E-state index in [1.165, 1.54) is 11.8 Å². The Kier molecular flexibility index (Phi) is 7.15. The summed E-state index contributed by atoms with van der Waals surface area (Å²) in [7, 11) is 0. The highest BCUT2D eigenvalue weighted by Crippen LogP contribution is 2.34. The number of nitrogens with zero attached hydrogens (tertiary/aromatic N) is 3. The van der Waals surface area contributed by atoms with E-state index in [-0.39, 0.29) is 11.7 Å². The maximum atomic E-state index is 12.4. The number of aromatic nitrogens is 3. The van der Waals surface area contributed by atoms with Gasteiger partial charge in [-0.15, -0.1) is 10.2 Å². The first-order chi connectivity index (χ1) is 15.5. The minimum absolute atomic E-state index is 0.0794. The first kappa shape index (κ1) is 22.4. The summed E-state index contributed by atoms with van der Waals surface area (Å²) >= 11 is 13.9. The van der Waals surface area contributed by atoms with E-state index in [0.29, 0.717) is 33.1 Å². The van der Waals surface area contributed by atoms with E-state index < -0.39 is 0 Å². The quantitative estimate of drug-likeness (QED) is 0.330. The molecule has 0 spiro atoms. The lowest BCUT2D eigenvalue weighted by Gasteiger charge is -2.13. The van der Waals surface area contributed by atoms with Crippen molar-refractivity contribution in [3.8, 4) is 17.1 Å². The Morgan fingerprint density at radius 1 is 1.00 bits per heavy atom. The average Bonchev–Trinajstić information content (AvgIpc) is 3.20. The molecule has 0 bridgehead atoms. The van der Waals surface area contributed by atoms with E-state index >= 15 is 0 Å². The highest BCUT2D eigenvalue weighted by molar-refractivity contribution is 7.99. The van der Waals surface area contributed by atoms with Crippen LogP contribution in [-0.2, 0) is 11.3 Å². The molecule has 3 aromatic carbocycles. The highest BCUT2D eigenvalue weighted by Gasteiger charge is 2.20. The molecule has 0 unspecified atom stereocenters. The molecule has 4 rings (SSSR count). The fraction of sp³-hybridized carbons (Fsp3) is 0.125. The number of benzene rings is 3. The standard InChI is InChI=1S/C24H20Cl2N4OS/c1-16-7-5-6-10-21(16)30-23(19-12-11-18(25)13-20(19)26)28-29-24(30)32-15-22(31)27-14-17-8-3-2-4-9-17/h2-13H,14-15H2,1H3,(H,27,31). The van der Waals surface area contributed by atoms with Gasteiger partial charge >= 0.3 is 0 Å². The third kappa shape index (κ3) is 5.15. The Labute approximate surface area is 200 Å². The van der Waals surface area contributed by atoms with Crippen LogP contribution in [0, 0.1) is 6.92 Å². The summed E-state index contributed by atoms with van der Waals surface area (Å²) in [6, 6.07) is 23.0. The van der Waals surface area contributed by atoms with Gasteiger partial charge in [0.05, 0.1) is 16.5 Å². The number of carbonyl (C=O) groups is 1. The molecule has 1 N–H and O–H groups in total. The van der Waals surface area contributed by atoms with E-state index in [1.807, 2.05) is 72.2 Å². The number of amides is 1. The lowest BCUT2D eigenvalue weighted by atomic mass is 10.1. The van der Waals surface area contributed by atoms with Gasteiger partial charge in [0, 0.05) is 17.1 Å². The van der Waals surface area contributed by atoms with E-state index in [2.05, 4.69) is 15.5 Å². The van der Waals surface area contributed by atoms with Crippen LogP contribution in [0.15, 0.2) is 78.0 Å². The summed E-state index contributed by atoms with van der Waals surface area (Å²) in [6.45, 7) is 2.50. The van der Waals surface area contributed by atoms with Gasteiger partial charge in [0.1, 0.15) is 0 Å². The summed E-state index contributed by atoms with van der Waals surface area (Å²) in [4.78, 5) is 12.4. The number of nitrogens with one attached hydrogen (secondary N) is 1. The van der Waals surface area contributed by atoms with E-state index in [1.54, 1.807) is 12.1 Å². The molecule has 0 aliphatic carbocycles. The van der Waals surface area contributed by atoms with Gasteiger partial charge in [-0.1, -0.05) is 83.5 Å². The number of rotatable bonds is 7. The van der Waals surface area contributed by atoms with Crippen LogP contribution >= 0.6 is 35.0 Å². The molecule has 4 aromatic rings. The van der Waals surface area contributed by atoms with Gasteiger partial charge in [-0.3, -0.25) is 9.36 Å². The van der Waals surface area contributed by atoms with Gasteiger partial charge < -0.3 is 5.32 Å². The van der Waals surface area contributed by atoms with E-state index in [4.69, 9.17) is 23.2 Å². The van der Waals surface area contributed by atoms with Crippen LogP contribution in [0.25, 0.3) is 17.1 Å². The topological polar surface area (TPSA) is 59.8 Å². The van der Waals surface area contributed by atoms with Gasteiger partial charge in [0.25, 0.3) is 0 Å². The van der Waals surface area contributed by atoms with Crippen LogP contribution in [0.4, 0.5) is 0 Å². The fourth-order valence-electron chi connectivity index (χ4n) is 3.22. The van der Waals surface area contributed by atoms with Gasteiger partial charge in [-0.05, 0) is 42.3 Å². The van der Waals surface area contributed by atoms with Crippen LogP contribution in [0.3, 0.4) is 0 Å². The van der Waals surface area contributed by atoms with Crippen molar-refractivity contribution in [2.45, 2.75) is 18.6 Å². The third-order valence-electron chi connectivity index (χ3n) is 4.83. The summed E-state index contributed by atoms with van der Waals surface area (Å²) in [5.74, 6) is 0.725. The van der Waals surface area contributed by atoms with Crippen LogP contribution in [0.1, 0.15) is 11.1 Å². The molecule has 1 heterocycles. The summed E-state index contributed by atoms with van der Waals surface area (Å²) < 4.78 is 1.93. The molecule has 0 saturated carbocycles. The number of para-hydroxylation sites is 1. The zero-order chi connectivity index (χ0) is 22.5. The lowest BCUT2D eigenvalue weighted by Crippen LogP contribution is -2.24. The molecule has 1 aromatic heterocycles. The first-order valence-electron chi connectivity index (χ1n) is 9.93. The van der Waals surface area contributed by atoms with Crippen molar-refractivity contribution >= 4 is 40.9 Å². The molecule has 0 atom stereocenters. The Bertz CT molecular complexity index is 1240. The maximum absolute atomic E-state index is 12.4. The molecular weight excluding hydrogens is 463 g/mol. The number of hydrogen-bond acceptors (Lipinski definition) is 4. The molecular formula is C24H20Cl2N4OS. The number of hydrogen-bond donors (Lipinski definition) is 1. The Morgan fingerprint density at radius 2 is 1.75 bits per heavy atom. The maximum Gasteiger partial charge on any atom is 0.230 e. The fourth-order valence-corrected chi connectivity index (χ4v) is 4.49. The minimum Gasteiger partial charge on any atom is -0.351 e. The van der Waals surface area contributed by atoms with E-state index in [0.717, 1.165) is 16.8 Å². The molecule has 0 aliphatic heterocycles. The zero-order valence-corrected chi connectivity index (χ0v) is 19.6. The molecule has 0 fully saturated rings. The molecule has 0 saturated heterocycles. The monoisotopic (exact) mass is 482 g/mol. The predicted molar refractivity (Wildman–Crippen MR) is 131 cm³/mol. The Morgan fingerprint density at radius 3 is 2.50 bits per heavy atom. The summed E-state index contributed by atoms with van der Waals surface area (Å²) in [6.07, 6.45) is 0. The predicted octanol–water partition coefficient (Wildman–Crippen LogP) is 5.96. The van der Waals surface area contributed by atoms with Gasteiger partial charge in [-0.25, -0.2) is 0 Å². The molecule has 32 heavy (non-hydrogen) atoms. The first-order valence-corrected chi connectivity index (χ1v) is 11.7. The molecule has 5 nitrogen and oxygen atoms in total. The van der Waals surface area contributed by atoms with E-state index in [9.17, 15) is 4.79 Å². The minimum atomic E-state index is -0.0794. The van der Waals surface area contributed by atoms with Gasteiger partial charge in [0.2, 0.25) is 5.91 Å². The molecule has 8 heteroatoms. The van der Waals surface area contributed by atoms with Gasteiger partial charge in [0.15, 0.2) is 11.0 Å². The van der Waals surface area contributed by atoms with Crippen LogP contribution in [-0.4, -0.2) is 26.4 Å². The molecule has 0 aliphatic rings. The number of thioether (sulfide) groups is 1. The summed E-state index contributed by atoms with van der Waals surface area (Å²) in [5, 5.41) is 13.3. The van der Waals surface area contributed by atoms with Crippen molar-refractivity contribution in [3.63, 3.8) is 0 Å². The third-order valence-corrected chi connectivity index (χ3v) is 6.30. The largest absolute Gasteiger partial charge is 0.351 e. The Balaban J connectivity index is 1.60. The van der Waals surface area contributed by atoms with Gasteiger partial charge in [-0.2, -0.15) is 0 Å². The van der Waals surface area contributed by atoms with Crippen molar-refractivity contribution in [1.82, 2.24) is 20.1 Å². The normalized spacial score (nSPS) is 10.8. The van der Waals surface area contributed by atoms with Crippen LogP contribution < -0.4 is 5.32 Å². The SMILES string of the molecule is Cc1ccccc1-n1c(SCC(=O)NCc2ccccc2)nnc1-c1ccc(Cl)cc1Cl. The highest BCUT2D eigenvalue weighted by atomic mass is 35.5. The molecule has 0 radical (unpaired) electrons. The number of carbonyl (C=O) groups excluding carboxylic acids is 1. The lowest BCUT2D eigenvalue weighted by molar-refractivity contribution is -0.118. The summed E-state index contributed by atoms with van der Waals surface area (Å²) in [5.41, 5.74) is 3.74. The van der Waals surface area contributed by atoms with Crippen molar-refractivity contribution in [1.29, 1.82) is 0 Å². The molecule has 162 valence electrons.